The highest BCUT2D eigenvalue weighted by Crippen LogP contribution is 2.13. The molecule has 0 bridgehead atoms. The fourth-order valence-electron chi connectivity index (χ4n) is 3.15. The molecule has 0 saturated carbocycles. The van der Waals surface area contributed by atoms with E-state index < -0.39 is 0 Å². The molecule has 0 fully saturated rings. The monoisotopic (exact) mass is 391 g/mol. The Bertz CT molecular complexity index is 892. The van der Waals surface area contributed by atoms with Crippen molar-refractivity contribution < 1.29 is 4.79 Å². The summed E-state index contributed by atoms with van der Waals surface area (Å²) in [6, 6.07) is 20.1. The fourth-order valence-corrected chi connectivity index (χ4v) is 3.15. The molecule has 0 aliphatic carbocycles. The number of aryl methyl sites for hydroxylation is 2. The van der Waals surface area contributed by atoms with Gasteiger partial charge in [-0.25, -0.2) is 9.48 Å². The van der Waals surface area contributed by atoms with E-state index in [0.717, 1.165) is 36.5 Å². The minimum atomic E-state index is -0.122. The summed E-state index contributed by atoms with van der Waals surface area (Å²) in [6.07, 6.45) is 3.83. The molecule has 0 radical (unpaired) electrons. The lowest BCUT2D eigenvalue weighted by molar-refractivity contribution is 0.241. The maximum Gasteiger partial charge on any atom is 0.314 e. The number of para-hydroxylation sites is 2. The van der Waals surface area contributed by atoms with E-state index in [-0.39, 0.29) is 6.03 Å². The molecule has 2 amide bonds. The summed E-state index contributed by atoms with van der Waals surface area (Å²) in [7, 11) is 2.02. The van der Waals surface area contributed by atoms with Crippen LogP contribution in [0.5, 0.6) is 0 Å². The van der Waals surface area contributed by atoms with Crippen LogP contribution in [0.25, 0.3) is 5.69 Å². The third-order valence-electron chi connectivity index (χ3n) is 4.86. The van der Waals surface area contributed by atoms with Crippen LogP contribution < -0.4 is 15.5 Å². The van der Waals surface area contributed by atoms with Gasteiger partial charge in [0.1, 0.15) is 0 Å². The highest BCUT2D eigenvalue weighted by molar-refractivity contribution is 5.73. The molecule has 0 atom stereocenters. The number of rotatable bonds is 9. The zero-order chi connectivity index (χ0) is 20.5. The largest absolute Gasteiger partial charge is 0.373 e. The summed E-state index contributed by atoms with van der Waals surface area (Å²) in [5.74, 6) is 0. The van der Waals surface area contributed by atoms with Crippen LogP contribution in [0.2, 0.25) is 0 Å². The summed E-state index contributed by atoms with van der Waals surface area (Å²) in [4.78, 5) is 14.1. The number of anilines is 1. The number of amides is 2. The van der Waals surface area contributed by atoms with E-state index in [1.165, 1.54) is 5.56 Å². The van der Waals surface area contributed by atoms with Gasteiger partial charge >= 0.3 is 6.03 Å². The van der Waals surface area contributed by atoms with Crippen LogP contribution >= 0.6 is 0 Å². The number of urea groups is 1. The Labute approximate surface area is 172 Å². The predicted octanol–water partition coefficient (Wildman–Crippen LogP) is 3.55. The molecular formula is C23H29N5O. The first-order valence-corrected chi connectivity index (χ1v) is 10.0. The van der Waals surface area contributed by atoms with Crippen LogP contribution in [0.1, 0.15) is 17.7 Å². The van der Waals surface area contributed by atoms with Gasteiger partial charge in [0.15, 0.2) is 0 Å². The Balaban J connectivity index is 1.34. The first-order chi connectivity index (χ1) is 14.1. The Morgan fingerprint density at radius 2 is 1.66 bits per heavy atom. The summed E-state index contributed by atoms with van der Waals surface area (Å²) in [5.41, 5.74) is 4.43. The molecule has 29 heavy (non-hydrogen) atoms. The quantitative estimate of drug-likeness (QED) is 0.549. The topological polar surface area (TPSA) is 62.2 Å². The van der Waals surface area contributed by atoms with E-state index in [1.807, 2.05) is 67.2 Å². The van der Waals surface area contributed by atoms with Gasteiger partial charge in [0.2, 0.25) is 0 Å². The zero-order valence-corrected chi connectivity index (χ0v) is 17.1. The van der Waals surface area contributed by atoms with Crippen LogP contribution in [-0.4, -0.2) is 42.5 Å². The maximum atomic E-state index is 12.0. The van der Waals surface area contributed by atoms with Crippen molar-refractivity contribution in [2.24, 2.45) is 0 Å². The Morgan fingerprint density at radius 1 is 1.00 bits per heavy atom. The molecule has 2 N–H and O–H groups in total. The minimum absolute atomic E-state index is 0.122. The van der Waals surface area contributed by atoms with E-state index in [4.69, 9.17) is 0 Å². The van der Waals surface area contributed by atoms with Crippen LogP contribution in [0.4, 0.5) is 10.5 Å². The van der Waals surface area contributed by atoms with E-state index in [9.17, 15) is 4.79 Å². The summed E-state index contributed by atoms with van der Waals surface area (Å²) in [6.45, 7) is 4.02. The molecular weight excluding hydrogens is 362 g/mol. The third kappa shape index (κ3) is 6.10. The molecule has 6 nitrogen and oxygen atoms in total. The second-order valence-corrected chi connectivity index (χ2v) is 7.06. The van der Waals surface area contributed by atoms with Gasteiger partial charge in [0, 0.05) is 38.6 Å². The van der Waals surface area contributed by atoms with Crippen molar-refractivity contribution in [1.82, 2.24) is 20.4 Å². The van der Waals surface area contributed by atoms with Crippen molar-refractivity contribution in [3.05, 3.63) is 78.1 Å². The van der Waals surface area contributed by atoms with E-state index >= 15 is 0 Å². The lowest BCUT2D eigenvalue weighted by atomic mass is 10.1. The molecule has 3 rings (SSSR count). The molecule has 2 aromatic carbocycles. The minimum Gasteiger partial charge on any atom is -0.373 e. The number of carbonyl (C=O) groups excluding carboxylic acids is 1. The van der Waals surface area contributed by atoms with Gasteiger partial charge in [-0.15, -0.1) is 0 Å². The van der Waals surface area contributed by atoms with Gasteiger partial charge in [-0.05, 0) is 49.6 Å². The van der Waals surface area contributed by atoms with Gasteiger partial charge in [0.25, 0.3) is 0 Å². The lowest BCUT2D eigenvalue weighted by Gasteiger charge is -2.19. The van der Waals surface area contributed by atoms with Gasteiger partial charge in [-0.1, -0.05) is 36.4 Å². The third-order valence-corrected chi connectivity index (χ3v) is 4.86. The smallest absolute Gasteiger partial charge is 0.314 e. The van der Waals surface area contributed by atoms with Crippen LogP contribution in [-0.2, 0) is 6.42 Å². The standard InChI is InChI=1S/C23H29N5O/c1-19-20(18-28(26-19)22-13-7-4-8-14-22)10-9-15-24-23(29)25-16-17-27(2)21-11-5-3-6-12-21/h3-8,11-14,18H,9-10,15-17H2,1-2H3,(H2,24,25,29). The Kier molecular flexibility index (Phi) is 7.28. The highest BCUT2D eigenvalue weighted by Gasteiger charge is 2.07. The Hall–Kier alpha value is -3.28. The molecule has 152 valence electrons. The van der Waals surface area contributed by atoms with Crippen LogP contribution in [0.3, 0.4) is 0 Å². The van der Waals surface area contributed by atoms with Crippen molar-refractivity contribution >= 4 is 11.7 Å². The zero-order valence-electron chi connectivity index (χ0n) is 17.1. The number of benzene rings is 2. The first-order valence-electron chi connectivity index (χ1n) is 10.0. The molecule has 1 aromatic heterocycles. The van der Waals surface area contributed by atoms with Crippen molar-refractivity contribution in [2.45, 2.75) is 19.8 Å². The van der Waals surface area contributed by atoms with Gasteiger partial charge < -0.3 is 15.5 Å². The summed E-state index contributed by atoms with van der Waals surface area (Å²) < 4.78 is 1.91. The SMILES string of the molecule is Cc1nn(-c2ccccc2)cc1CCCNC(=O)NCCN(C)c1ccccc1. The fraction of sp³-hybridized carbons (Fsp3) is 0.304. The predicted molar refractivity (Wildman–Crippen MR) is 118 cm³/mol. The molecule has 0 unspecified atom stereocenters. The van der Waals surface area contributed by atoms with Crippen molar-refractivity contribution in [3.63, 3.8) is 0 Å². The number of likely N-dealkylation sites (N-methyl/N-ethyl adjacent to an activating group) is 1. The second kappa shape index (κ2) is 10.3. The molecule has 1 heterocycles. The van der Waals surface area contributed by atoms with E-state index in [1.54, 1.807) is 0 Å². The van der Waals surface area contributed by atoms with E-state index in [2.05, 4.69) is 39.0 Å². The number of nitrogens with zero attached hydrogens (tertiary/aromatic N) is 3. The Morgan fingerprint density at radius 3 is 2.38 bits per heavy atom. The molecule has 0 spiro atoms. The van der Waals surface area contributed by atoms with Gasteiger partial charge in [0.05, 0.1) is 11.4 Å². The average Bonchev–Trinajstić information content (AvgIpc) is 3.13. The van der Waals surface area contributed by atoms with Crippen molar-refractivity contribution in [3.8, 4) is 5.69 Å². The maximum absolute atomic E-state index is 12.0. The summed E-state index contributed by atoms with van der Waals surface area (Å²) >= 11 is 0. The molecule has 0 saturated heterocycles. The van der Waals surface area contributed by atoms with Gasteiger partial charge in [-0.2, -0.15) is 5.10 Å². The number of aromatic nitrogens is 2. The molecule has 6 heteroatoms. The normalized spacial score (nSPS) is 10.6. The lowest BCUT2D eigenvalue weighted by Crippen LogP contribution is -2.40. The van der Waals surface area contributed by atoms with Crippen molar-refractivity contribution in [1.29, 1.82) is 0 Å². The van der Waals surface area contributed by atoms with Crippen molar-refractivity contribution in [2.75, 3.05) is 31.6 Å². The van der Waals surface area contributed by atoms with Gasteiger partial charge in [-0.3, -0.25) is 0 Å². The number of hydrogen-bond donors (Lipinski definition) is 2. The molecule has 0 aliphatic rings. The molecule has 0 aliphatic heterocycles. The highest BCUT2D eigenvalue weighted by atomic mass is 16.2. The van der Waals surface area contributed by atoms with Crippen LogP contribution in [0.15, 0.2) is 66.9 Å². The van der Waals surface area contributed by atoms with E-state index in [0.29, 0.717) is 13.1 Å². The summed E-state index contributed by atoms with van der Waals surface area (Å²) in [5, 5.41) is 10.4. The number of carbonyl (C=O) groups is 1. The number of nitrogens with one attached hydrogen (secondary N) is 2. The average molecular weight is 392 g/mol. The second-order valence-electron chi connectivity index (χ2n) is 7.06. The molecule has 3 aromatic rings. The first kappa shape index (κ1) is 20.5. The number of hydrogen-bond acceptors (Lipinski definition) is 3. The van der Waals surface area contributed by atoms with Crippen LogP contribution in [0, 0.1) is 6.92 Å².